The molecule has 0 aliphatic carbocycles. The molecule has 0 saturated carbocycles. The van der Waals surface area contributed by atoms with Gasteiger partial charge in [-0.25, -0.2) is 17.7 Å². The molecule has 0 bridgehead atoms. The first kappa shape index (κ1) is 23.4. The van der Waals surface area contributed by atoms with E-state index >= 15 is 0 Å². The van der Waals surface area contributed by atoms with E-state index in [9.17, 15) is 13.2 Å². The van der Waals surface area contributed by atoms with Gasteiger partial charge in [0.2, 0.25) is 15.9 Å². The van der Waals surface area contributed by atoms with Gasteiger partial charge in [-0.2, -0.15) is 0 Å². The summed E-state index contributed by atoms with van der Waals surface area (Å²) in [7, 11) is -0.500. The second-order valence-corrected chi connectivity index (χ2v) is 10.9. The third kappa shape index (κ3) is 5.34. The molecule has 0 spiro atoms. The third-order valence-electron chi connectivity index (χ3n) is 5.24. The van der Waals surface area contributed by atoms with Crippen LogP contribution in [0.1, 0.15) is 49.9 Å². The highest BCUT2D eigenvalue weighted by molar-refractivity contribution is 7.89. The molecule has 1 aromatic carbocycles. The van der Waals surface area contributed by atoms with Crippen molar-refractivity contribution < 1.29 is 13.2 Å². The lowest BCUT2D eigenvalue weighted by atomic mass is 10.2. The van der Waals surface area contributed by atoms with Crippen LogP contribution in [0.3, 0.4) is 0 Å². The third-order valence-corrected chi connectivity index (χ3v) is 8.10. The number of benzene rings is 1. The van der Waals surface area contributed by atoms with Crippen LogP contribution >= 0.6 is 11.3 Å². The summed E-state index contributed by atoms with van der Waals surface area (Å²) in [6.45, 7) is 4.89. The summed E-state index contributed by atoms with van der Waals surface area (Å²) in [5.74, 6) is 0.785. The van der Waals surface area contributed by atoms with E-state index in [4.69, 9.17) is 4.98 Å². The molecule has 1 unspecified atom stereocenters. The van der Waals surface area contributed by atoms with Crippen molar-refractivity contribution in [3.8, 4) is 0 Å². The van der Waals surface area contributed by atoms with E-state index in [2.05, 4.69) is 16.8 Å². The summed E-state index contributed by atoms with van der Waals surface area (Å²) >= 11 is 1.62. The lowest BCUT2D eigenvalue weighted by molar-refractivity contribution is -0.121. The number of carbonyl (C=O) groups is 1. The number of nitrogens with zero attached hydrogens (tertiary/aromatic N) is 3. The Morgan fingerprint density at radius 3 is 2.71 bits per heavy atom. The van der Waals surface area contributed by atoms with Gasteiger partial charge < -0.3 is 9.88 Å². The Kier molecular flexibility index (Phi) is 7.51. The number of thiophene rings is 1. The molecular weight excluding hydrogens is 432 g/mol. The topological polar surface area (TPSA) is 84.3 Å². The van der Waals surface area contributed by atoms with E-state index in [1.54, 1.807) is 23.5 Å². The smallest absolute Gasteiger partial charge is 0.242 e. The van der Waals surface area contributed by atoms with Gasteiger partial charge >= 0.3 is 0 Å². The second kappa shape index (κ2) is 9.93. The number of unbranched alkanes of at least 4 members (excludes halogenated alkanes) is 1. The number of amides is 1. The molecular formula is C22H30N4O3S2. The van der Waals surface area contributed by atoms with Gasteiger partial charge in [-0.05, 0) is 43.0 Å². The quantitative estimate of drug-likeness (QED) is 0.494. The predicted octanol–water partition coefficient (Wildman–Crippen LogP) is 3.96. The van der Waals surface area contributed by atoms with Crippen LogP contribution in [0.4, 0.5) is 0 Å². The number of rotatable bonds is 10. The standard InChI is InChI=1S/C22H30N4O3S2/c1-5-6-13-26-19-10-9-17(31(28,29)25(3)4)15-18(19)24-21(26)11-12-22(27)23-16(2)20-8-7-14-30-20/h7-10,14-16H,5-6,11-13H2,1-4H3,(H,23,27). The number of fused-ring (bicyclic) bond motifs is 1. The van der Waals surface area contributed by atoms with Crippen molar-refractivity contribution in [3.05, 3.63) is 46.4 Å². The van der Waals surface area contributed by atoms with Crippen LogP contribution in [0.2, 0.25) is 0 Å². The van der Waals surface area contributed by atoms with Gasteiger partial charge in [0.1, 0.15) is 5.82 Å². The Hall–Kier alpha value is -2.23. The fourth-order valence-corrected chi connectivity index (χ4v) is 5.09. The molecule has 0 radical (unpaired) electrons. The van der Waals surface area contributed by atoms with Crippen molar-refractivity contribution >= 4 is 38.3 Å². The van der Waals surface area contributed by atoms with Crippen molar-refractivity contribution in [1.29, 1.82) is 0 Å². The van der Waals surface area contributed by atoms with Gasteiger partial charge in [-0.1, -0.05) is 19.4 Å². The minimum absolute atomic E-state index is 0.0223. The lowest BCUT2D eigenvalue weighted by Crippen LogP contribution is -2.26. The fourth-order valence-electron chi connectivity index (χ4n) is 3.44. The minimum Gasteiger partial charge on any atom is -0.349 e. The zero-order valence-corrected chi connectivity index (χ0v) is 20.1. The van der Waals surface area contributed by atoms with Crippen LogP contribution in [-0.2, 0) is 27.8 Å². The molecule has 1 amide bonds. The Morgan fingerprint density at radius 2 is 2.06 bits per heavy atom. The van der Waals surface area contributed by atoms with Crippen molar-refractivity contribution in [2.45, 2.75) is 57.0 Å². The highest BCUT2D eigenvalue weighted by Gasteiger charge is 2.20. The van der Waals surface area contributed by atoms with Gasteiger partial charge in [0.05, 0.1) is 22.0 Å². The lowest BCUT2D eigenvalue weighted by Gasteiger charge is -2.13. The molecule has 0 saturated heterocycles. The molecule has 3 aromatic rings. The number of nitrogens with one attached hydrogen (secondary N) is 1. The van der Waals surface area contributed by atoms with Gasteiger partial charge in [0.15, 0.2) is 0 Å². The number of aromatic nitrogens is 2. The predicted molar refractivity (Wildman–Crippen MR) is 125 cm³/mol. The van der Waals surface area contributed by atoms with Gasteiger partial charge in [-0.3, -0.25) is 4.79 Å². The molecule has 0 fully saturated rings. The minimum atomic E-state index is -3.53. The largest absolute Gasteiger partial charge is 0.349 e. The molecule has 9 heteroatoms. The summed E-state index contributed by atoms with van der Waals surface area (Å²) < 4.78 is 28.3. The summed E-state index contributed by atoms with van der Waals surface area (Å²) in [4.78, 5) is 18.5. The Bertz CT molecular complexity index is 1140. The van der Waals surface area contributed by atoms with Crippen LogP contribution in [0.25, 0.3) is 11.0 Å². The first-order chi connectivity index (χ1) is 14.7. The summed E-state index contributed by atoms with van der Waals surface area (Å²) in [5, 5.41) is 5.04. The van der Waals surface area contributed by atoms with Crippen molar-refractivity contribution in [2.75, 3.05) is 14.1 Å². The van der Waals surface area contributed by atoms with E-state index in [1.165, 1.54) is 18.4 Å². The summed E-state index contributed by atoms with van der Waals surface area (Å²) in [6, 6.07) is 9.03. The average Bonchev–Trinajstić information content (AvgIpc) is 3.38. The monoisotopic (exact) mass is 462 g/mol. The van der Waals surface area contributed by atoms with E-state index in [0.717, 1.165) is 35.6 Å². The molecule has 1 N–H and O–H groups in total. The fraction of sp³-hybridized carbons (Fsp3) is 0.455. The van der Waals surface area contributed by atoms with Crippen molar-refractivity contribution in [1.82, 2.24) is 19.2 Å². The van der Waals surface area contributed by atoms with Crippen LogP contribution in [-0.4, -0.2) is 42.3 Å². The van der Waals surface area contributed by atoms with Gasteiger partial charge in [0.25, 0.3) is 0 Å². The number of hydrogen-bond donors (Lipinski definition) is 1. The summed E-state index contributed by atoms with van der Waals surface area (Å²) in [5.41, 5.74) is 1.54. The van der Waals surface area contributed by atoms with E-state index in [1.807, 2.05) is 30.5 Å². The molecule has 7 nitrogen and oxygen atoms in total. The summed E-state index contributed by atoms with van der Waals surface area (Å²) in [6.07, 6.45) is 2.84. The normalized spacial score (nSPS) is 13.1. The van der Waals surface area contributed by atoms with Crippen molar-refractivity contribution in [2.24, 2.45) is 0 Å². The Morgan fingerprint density at radius 1 is 1.29 bits per heavy atom. The highest BCUT2D eigenvalue weighted by Crippen LogP contribution is 2.24. The van der Waals surface area contributed by atoms with Crippen LogP contribution < -0.4 is 5.32 Å². The van der Waals surface area contributed by atoms with E-state index in [0.29, 0.717) is 18.4 Å². The maximum absolute atomic E-state index is 12.5. The SMILES string of the molecule is CCCCn1c(CCC(=O)NC(C)c2cccs2)nc2cc(S(=O)(=O)N(C)C)ccc21. The number of aryl methyl sites for hydroxylation is 2. The Balaban J connectivity index is 1.81. The number of imidazole rings is 1. The van der Waals surface area contributed by atoms with E-state index in [-0.39, 0.29) is 16.8 Å². The average molecular weight is 463 g/mol. The van der Waals surface area contributed by atoms with Gasteiger partial charge in [-0.15, -0.1) is 11.3 Å². The second-order valence-electron chi connectivity index (χ2n) is 7.78. The molecule has 2 heterocycles. The van der Waals surface area contributed by atoms with Crippen LogP contribution in [0.15, 0.2) is 40.6 Å². The van der Waals surface area contributed by atoms with Gasteiger partial charge in [0, 0.05) is 38.4 Å². The first-order valence-electron chi connectivity index (χ1n) is 10.5. The number of carbonyl (C=O) groups excluding carboxylic acids is 1. The highest BCUT2D eigenvalue weighted by atomic mass is 32.2. The molecule has 31 heavy (non-hydrogen) atoms. The van der Waals surface area contributed by atoms with Crippen molar-refractivity contribution in [3.63, 3.8) is 0 Å². The first-order valence-corrected chi connectivity index (χ1v) is 12.8. The molecule has 2 aromatic heterocycles. The molecule has 168 valence electrons. The zero-order chi connectivity index (χ0) is 22.6. The number of sulfonamides is 1. The molecule has 0 aliphatic rings. The maximum atomic E-state index is 12.5. The number of hydrogen-bond acceptors (Lipinski definition) is 5. The van der Waals surface area contributed by atoms with Crippen LogP contribution in [0.5, 0.6) is 0 Å². The molecule has 0 aliphatic heterocycles. The van der Waals surface area contributed by atoms with E-state index < -0.39 is 10.0 Å². The molecule has 3 rings (SSSR count). The van der Waals surface area contributed by atoms with Crippen LogP contribution in [0, 0.1) is 0 Å². The zero-order valence-electron chi connectivity index (χ0n) is 18.5. The maximum Gasteiger partial charge on any atom is 0.242 e. The molecule has 1 atom stereocenters. The Labute approximate surface area is 188 Å².